The van der Waals surface area contributed by atoms with Crippen molar-refractivity contribution in [1.82, 2.24) is 0 Å². The molecule has 0 aromatic carbocycles. The minimum Gasteiger partial charge on any atom is -0.434 e. The van der Waals surface area contributed by atoms with E-state index in [9.17, 15) is 9.59 Å². The van der Waals surface area contributed by atoms with Crippen molar-refractivity contribution in [2.24, 2.45) is 5.92 Å². The van der Waals surface area contributed by atoms with E-state index in [1.165, 1.54) is 0 Å². The van der Waals surface area contributed by atoms with Crippen LogP contribution in [0.3, 0.4) is 0 Å². The van der Waals surface area contributed by atoms with E-state index in [1.807, 2.05) is 27.7 Å². The van der Waals surface area contributed by atoms with Gasteiger partial charge in [-0.3, -0.25) is 0 Å². The van der Waals surface area contributed by atoms with Crippen molar-refractivity contribution in [2.45, 2.75) is 59.5 Å². The molecule has 124 valence electrons. The number of rotatable bonds is 10. The van der Waals surface area contributed by atoms with Crippen LogP contribution in [0.4, 0.5) is 9.59 Å². The van der Waals surface area contributed by atoms with Crippen molar-refractivity contribution in [3.05, 3.63) is 0 Å². The highest BCUT2D eigenvalue weighted by Crippen LogP contribution is 2.09. The predicted molar refractivity (Wildman–Crippen MR) is 78.2 cm³/mol. The molecule has 0 aromatic rings. The number of carbonyl (C=O) groups is 2. The molecular weight excluding hydrogens is 276 g/mol. The molecule has 0 fully saturated rings. The third kappa shape index (κ3) is 10.9. The van der Waals surface area contributed by atoms with Crippen LogP contribution in [-0.4, -0.2) is 38.2 Å². The van der Waals surface area contributed by atoms with Crippen LogP contribution in [0.2, 0.25) is 0 Å². The highest BCUT2D eigenvalue weighted by atomic mass is 16.8. The Morgan fingerprint density at radius 3 is 1.86 bits per heavy atom. The Balaban J connectivity index is 4.01. The zero-order chi connectivity index (χ0) is 16.1. The summed E-state index contributed by atoms with van der Waals surface area (Å²) in [6.07, 6.45) is 1.45. The van der Waals surface area contributed by atoms with E-state index in [1.54, 1.807) is 0 Å². The Hall–Kier alpha value is -1.46. The zero-order valence-corrected chi connectivity index (χ0v) is 13.6. The topological polar surface area (TPSA) is 71.1 Å². The maximum absolute atomic E-state index is 11.5. The van der Waals surface area contributed by atoms with Crippen molar-refractivity contribution < 1.29 is 28.5 Å². The minimum absolute atomic E-state index is 0.00664. The molecule has 0 heterocycles. The number of hydrogen-bond donors (Lipinski definition) is 0. The molecule has 0 spiro atoms. The van der Waals surface area contributed by atoms with Crippen LogP contribution >= 0.6 is 0 Å². The fourth-order valence-electron chi connectivity index (χ4n) is 1.31. The molecule has 1 atom stereocenters. The van der Waals surface area contributed by atoms with Crippen molar-refractivity contribution in [3.8, 4) is 0 Å². The predicted octanol–water partition coefficient (Wildman–Crippen LogP) is 3.92. The minimum atomic E-state index is -0.739. The van der Waals surface area contributed by atoms with Gasteiger partial charge in [0.25, 0.3) is 0 Å². The van der Waals surface area contributed by atoms with Gasteiger partial charge in [-0.15, -0.1) is 0 Å². The maximum Gasteiger partial charge on any atom is 0.508 e. The molecular formula is C15H28O6. The van der Waals surface area contributed by atoms with Gasteiger partial charge in [-0.2, -0.15) is 0 Å². The van der Waals surface area contributed by atoms with E-state index in [4.69, 9.17) is 18.9 Å². The largest absolute Gasteiger partial charge is 0.508 e. The van der Waals surface area contributed by atoms with Gasteiger partial charge in [0, 0.05) is 0 Å². The molecule has 6 heteroatoms. The molecule has 0 bridgehead atoms. The molecule has 6 nitrogen and oxygen atoms in total. The van der Waals surface area contributed by atoms with Gasteiger partial charge >= 0.3 is 12.3 Å². The summed E-state index contributed by atoms with van der Waals surface area (Å²) in [5.41, 5.74) is 0. The second kappa shape index (κ2) is 12.3. The standard InChI is InChI=1S/C15H28O6/c1-5-7-9-18-14(16)20-11-13(12(3)4)21-15(17)19-10-8-6-2/h12-13H,5-11H2,1-4H3. The van der Waals surface area contributed by atoms with Gasteiger partial charge in [0.05, 0.1) is 13.2 Å². The van der Waals surface area contributed by atoms with Crippen molar-refractivity contribution in [1.29, 1.82) is 0 Å². The monoisotopic (exact) mass is 304 g/mol. The van der Waals surface area contributed by atoms with Crippen LogP contribution in [0.25, 0.3) is 0 Å². The lowest BCUT2D eigenvalue weighted by Crippen LogP contribution is -2.30. The van der Waals surface area contributed by atoms with E-state index in [0.717, 1.165) is 25.7 Å². The van der Waals surface area contributed by atoms with Crippen LogP contribution in [0, 0.1) is 5.92 Å². The lowest BCUT2D eigenvalue weighted by Gasteiger charge is -2.20. The number of hydrogen-bond acceptors (Lipinski definition) is 6. The third-order valence-corrected chi connectivity index (χ3v) is 2.79. The van der Waals surface area contributed by atoms with Crippen LogP contribution < -0.4 is 0 Å². The van der Waals surface area contributed by atoms with Gasteiger partial charge in [0.1, 0.15) is 12.7 Å². The molecule has 0 aliphatic heterocycles. The number of unbranched alkanes of at least 4 members (excludes halogenated alkanes) is 2. The molecule has 0 saturated carbocycles. The first-order valence-corrected chi connectivity index (χ1v) is 7.64. The molecule has 0 aromatic heterocycles. The Kier molecular flexibility index (Phi) is 11.4. The summed E-state index contributed by atoms with van der Waals surface area (Å²) in [5, 5.41) is 0. The van der Waals surface area contributed by atoms with Gasteiger partial charge in [0.2, 0.25) is 0 Å². The highest BCUT2D eigenvalue weighted by Gasteiger charge is 2.21. The first kappa shape index (κ1) is 19.5. The molecule has 0 N–H and O–H groups in total. The summed E-state index contributed by atoms with van der Waals surface area (Å²) in [7, 11) is 0. The fraction of sp³-hybridized carbons (Fsp3) is 0.867. The Bertz CT molecular complexity index is 290. The van der Waals surface area contributed by atoms with Crippen molar-refractivity contribution in [3.63, 3.8) is 0 Å². The smallest absolute Gasteiger partial charge is 0.434 e. The summed E-state index contributed by atoms with van der Waals surface area (Å²) in [5.74, 6) is 0.00664. The summed E-state index contributed by atoms with van der Waals surface area (Å²) >= 11 is 0. The zero-order valence-electron chi connectivity index (χ0n) is 13.6. The lowest BCUT2D eigenvalue weighted by molar-refractivity contribution is -0.0319. The number of carbonyl (C=O) groups excluding carboxylic acids is 2. The molecule has 1 unspecified atom stereocenters. The average molecular weight is 304 g/mol. The van der Waals surface area contributed by atoms with E-state index in [0.29, 0.717) is 13.2 Å². The normalized spacial score (nSPS) is 11.9. The maximum atomic E-state index is 11.5. The van der Waals surface area contributed by atoms with Crippen LogP contribution in [0.5, 0.6) is 0 Å². The Morgan fingerprint density at radius 2 is 1.38 bits per heavy atom. The van der Waals surface area contributed by atoms with Crippen LogP contribution in [0.15, 0.2) is 0 Å². The van der Waals surface area contributed by atoms with Gasteiger partial charge < -0.3 is 18.9 Å². The highest BCUT2D eigenvalue weighted by molar-refractivity contribution is 5.61. The third-order valence-electron chi connectivity index (χ3n) is 2.79. The lowest BCUT2D eigenvalue weighted by atomic mass is 10.1. The van der Waals surface area contributed by atoms with E-state index < -0.39 is 18.4 Å². The Labute approximate surface area is 127 Å². The van der Waals surface area contributed by atoms with Crippen LogP contribution in [0.1, 0.15) is 53.4 Å². The van der Waals surface area contributed by atoms with E-state index in [-0.39, 0.29) is 12.5 Å². The first-order valence-electron chi connectivity index (χ1n) is 7.64. The summed E-state index contributed by atoms with van der Waals surface area (Å²) in [4.78, 5) is 22.8. The molecule has 0 rings (SSSR count). The fourth-order valence-corrected chi connectivity index (χ4v) is 1.31. The first-order chi connectivity index (χ1) is 10.0. The summed E-state index contributed by atoms with van der Waals surface area (Å²) < 4.78 is 19.9. The quantitative estimate of drug-likeness (QED) is 0.450. The second-order valence-corrected chi connectivity index (χ2v) is 5.12. The van der Waals surface area contributed by atoms with Gasteiger partial charge in [0.15, 0.2) is 0 Å². The summed E-state index contributed by atoms with van der Waals surface area (Å²) in [6.45, 7) is 8.38. The molecule has 0 radical (unpaired) electrons. The average Bonchev–Trinajstić information content (AvgIpc) is 2.43. The SMILES string of the molecule is CCCCOC(=O)OCC(OC(=O)OCCCC)C(C)C. The van der Waals surface area contributed by atoms with Gasteiger partial charge in [-0.25, -0.2) is 9.59 Å². The molecule has 0 aliphatic carbocycles. The number of ether oxygens (including phenoxy) is 4. The van der Waals surface area contributed by atoms with Gasteiger partial charge in [-0.05, 0) is 18.8 Å². The molecule has 0 saturated heterocycles. The van der Waals surface area contributed by atoms with E-state index >= 15 is 0 Å². The molecule has 0 amide bonds. The molecule has 21 heavy (non-hydrogen) atoms. The molecule has 0 aliphatic rings. The second-order valence-electron chi connectivity index (χ2n) is 5.12. The van der Waals surface area contributed by atoms with E-state index in [2.05, 4.69) is 0 Å². The van der Waals surface area contributed by atoms with Crippen molar-refractivity contribution >= 4 is 12.3 Å². The van der Waals surface area contributed by atoms with Crippen LogP contribution in [-0.2, 0) is 18.9 Å². The van der Waals surface area contributed by atoms with Gasteiger partial charge in [-0.1, -0.05) is 40.5 Å². The summed E-state index contributed by atoms with van der Waals surface area (Å²) in [6, 6.07) is 0. The van der Waals surface area contributed by atoms with Crippen molar-refractivity contribution in [2.75, 3.05) is 19.8 Å². The Morgan fingerprint density at radius 1 is 0.857 bits per heavy atom.